The summed E-state index contributed by atoms with van der Waals surface area (Å²) in [5.74, 6) is 0.705. The zero-order valence-corrected chi connectivity index (χ0v) is 12.5. The fraction of sp³-hybridized carbons (Fsp3) is 0.231. The lowest BCUT2D eigenvalue weighted by atomic mass is 10.1. The van der Waals surface area contributed by atoms with Crippen LogP contribution < -0.4 is 5.32 Å². The van der Waals surface area contributed by atoms with E-state index in [1.54, 1.807) is 6.20 Å². The summed E-state index contributed by atoms with van der Waals surface area (Å²) in [6.07, 6.45) is 1.64. The predicted molar refractivity (Wildman–Crippen MR) is 78.0 cm³/mol. The molecule has 18 heavy (non-hydrogen) atoms. The van der Waals surface area contributed by atoms with Gasteiger partial charge in [0.1, 0.15) is 5.82 Å². The van der Waals surface area contributed by atoms with Gasteiger partial charge < -0.3 is 5.32 Å². The third-order valence-corrected chi connectivity index (χ3v) is 3.43. The fourth-order valence-corrected chi connectivity index (χ4v) is 2.10. The Morgan fingerprint density at radius 1 is 1.33 bits per heavy atom. The lowest BCUT2D eigenvalue weighted by molar-refractivity contribution is 1.06. The minimum Gasteiger partial charge on any atom is -0.365 e. The van der Waals surface area contributed by atoms with Crippen LogP contribution in [-0.2, 0) is 6.54 Å². The Morgan fingerprint density at radius 3 is 2.89 bits per heavy atom. The Morgan fingerprint density at radius 2 is 2.11 bits per heavy atom. The molecule has 1 heterocycles. The van der Waals surface area contributed by atoms with Crippen molar-refractivity contribution in [2.45, 2.75) is 20.4 Å². The molecule has 0 unspecified atom stereocenters. The summed E-state index contributed by atoms with van der Waals surface area (Å²) in [4.78, 5) is 8.03. The number of nitrogens with zero attached hydrogens (tertiary/aromatic N) is 2. The highest BCUT2D eigenvalue weighted by atomic mass is 79.9. The van der Waals surface area contributed by atoms with Crippen LogP contribution in [0.5, 0.6) is 0 Å². The molecule has 0 radical (unpaired) electrons. The van der Waals surface area contributed by atoms with Gasteiger partial charge in [0, 0.05) is 12.7 Å². The highest BCUT2D eigenvalue weighted by molar-refractivity contribution is 9.10. The summed E-state index contributed by atoms with van der Waals surface area (Å²) in [7, 11) is 0. The summed E-state index contributed by atoms with van der Waals surface area (Å²) >= 11 is 9.16. The van der Waals surface area contributed by atoms with Gasteiger partial charge in [-0.25, -0.2) is 4.98 Å². The third kappa shape index (κ3) is 3.21. The van der Waals surface area contributed by atoms with Crippen LogP contribution in [0.2, 0.25) is 5.28 Å². The lowest BCUT2D eigenvalue weighted by Crippen LogP contribution is -2.04. The maximum Gasteiger partial charge on any atom is 0.224 e. The number of nitrogens with one attached hydrogen (secondary N) is 1. The quantitative estimate of drug-likeness (QED) is 0.862. The van der Waals surface area contributed by atoms with E-state index in [1.807, 2.05) is 0 Å². The molecule has 0 spiro atoms. The van der Waals surface area contributed by atoms with E-state index in [0.29, 0.717) is 12.4 Å². The Bertz CT molecular complexity index is 521. The monoisotopic (exact) mass is 325 g/mol. The van der Waals surface area contributed by atoms with E-state index in [9.17, 15) is 0 Å². The molecule has 0 aliphatic carbocycles. The summed E-state index contributed by atoms with van der Waals surface area (Å²) in [5.41, 5.74) is 3.75. The summed E-state index contributed by atoms with van der Waals surface area (Å²) in [5, 5.41) is 3.49. The van der Waals surface area contributed by atoms with Gasteiger partial charge in [0.25, 0.3) is 0 Å². The normalized spacial score (nSPS) is 10.4. The van der Waals surface area contributed by atoms with Crippen molar-refractivity contribution >= 4 is 33.3 Å². The topological polar surface area (TPSA) is 37.8 Å². The Labute approximate surface area is 120 Å². The Balaban J connectivity index is 2.16. The molecular weight excluding hydrogens is 314 g/mol. The SMILES string of the molecule is Cc1ccc(C)c(CNc2nc(Cl)ncc2Br)c1. The molecule has 3 nitrogen and oxygen atoms in total. The zero-order valence-electron chi connectivity index (χ0n) is 10.2. The van der Waals surface area contributed by atoms with Crippen LogP contribution in [0.4, 0.5) is 5.82 Å². The number of anilines is 1. The number of benzene rings is 1. The number of hydrogen-bond donors (Lipinski definition) is 1. The smallest absolute Gasteiger partial charge is 0.224 e. The largest absolute Gasteiger partial charge is 0.365 e. The van der Waals surface area contributed by atoms with Crippen molar-refractivity contribution in [3.8, 4) is 0 Å². The van der Waals surface area contributed by atoms with Gasteiger partial charge >= 0.3 is 0 Å². The van der Waals surface area contributed by atoms with E-state index in [1.165, 1.54) is 16.7 Å². The minimum absolute atomic E-state index is 0.238. The fourth-order valence-electron chi connectivity index (χ4n) is 1.64. The van der Waals surface area contributed by atoms with E-state index < -0.39 is 0 Å². The van der Waals surface area contributed by atoms with E-state index in [-0.39, 0.29) is 5.28 Å². The van der Waals surface area contributed by atoms with Crippen LogP contribution in [-0.4, -0.2) is 9.97 Å². The van der Waals surface area contributed by atoms with Gasteiger partial charge in [-0.05, 0) is 52.5 Å². The maximum atomic E-state index is 5.77. The molecule has 0 bridgehead atoms. The van der Waals surface area contributed by atoms with Crippen molar-refractivity contribution in [3.05, 3.63) is 50.8 Å². The number of rotatable bonds is 3. The van der Waals surface area contributed by atoms with E-state index in [0.717, 1.165) is 4.47 Å². The van der Waals surface area contributed by atoms with Gasteiger partial charge in [-0.15, -0.1) is 0 Å². The molecule has 2 aromatic rings. The van der Waals surface area contributed by atoms with E-state index >= 15 is 0 Å². The Hall–Kier alpha value is -1.13. The third-order valence-electron chi connectivity index (χ3n) is 2.67. The van der Waals surface area contributed by atoms with Crippen LogP contribution in [0.3, 0.4) is 0 Å². The molecule has 1 N–H and O–H groups in total. The first-order chi connectivity index (χ1) is 8.56. The second kappa shape index (κ2) is 5.67. The molecule has 5 heteroatoms. The van der Waals surface area contributed by atoms with Crippen molar-refractivity contribution < 1.29 is 0 Å². The second-order valence-electron chi connectivity index (χ2n) is 4.12. The van der Waals surface area contributed by atoms with E-state index in [4.69, 9.17) is 11.6 Å². The summed E-state index contributed by atoms with van der Waals surface area (Å²) in [6, 6.07) is 6.39. The van der Waals surface area contributed by atoms with Gasteiger partial charge in [-0.1, -0.05) is 23.8 Å². The number of aromatic nitrogens is 2. The molecule has 0 aliphatic rings. The van der Waals surface area contributed by atoms with Gasteiger partial charge in [0.05, 0.1) is 4.47 Å². The number of hydrogen-bond acceptors (Lipinski definition) is 3. The first kappa shape index (κ1) is 13.3. The first-order valence-corrected chi connectivity index (χ1v) is 6.71. The Kier molecular flexibility index (Phi) is 4.19. The second-order valence-corrected chi connectivity index (χ2v) is 5.31. The summed E-state index contributed by atoms with van der Waals surface area (Å²) < 4.78 is 0.803. The molecule has 0 saturated carbocycles. The van der Waals surface area contributed by atoms with Gasteiger partial charge in [0.2, 0.25) is 5.28 Å². The summed E-state index contributed by atoms with van der Waals surface area (Å²) in [6.45, 7) is 4.89. The molecule has 94 valence electrons. The van der Waals surface area contributed by atoms with E-state index in [2.05, 4.69) is 63.3 Å². The molecule has 2 rings (SSSR count). The molecular formula is C13H13BrClN3. The van der Waals surface area contributed by atoms with Crippen molar-refractivity contribution in [1.82, 2.24) is 9.97 Å². The highest BCUT2D eigenvalue weighted by Crippen LogP contribution is 2.21. The molecule has 1 aromatic carbocycles. The van der Waals surface area contributed by atoms with Crippen LogP contribution in [0, 0.1) is 13.8 Å². The van der Waals surface area contributed by atoms with Gasteiger partial charge in [-0.3, -0.25) is 0 Å². The van der Waals surface area contributed by atoms with Crippen LogP contribution in [0.25, 0.3) is 0 Å². The van der Waals surface area contributed by atoms with Gasteiger partial charge in [-0.2, -0.15) is 4.98 Å². The lowest BCUT2D eigenvalue weighted by Gasteiger charge is -2.10. The molecule has 0 fully saturated rings. The van der Waals surface area contributed by atoms with Crippen molar-refractivity contribution in [2.75, 3.05) is 5.32 Å². The molecule has 0 amide bonds. The zero-order chi connectivity index (χ0) is 13.1. The van der Waals surface area contributed by atoms with Crippen LogP contribution >= 0.6 is 27.5 Å². The first-order valence-electron chi connectivity index (χ1n) is 5.54. The minimum atomic E-state index is 0.238. The van der Waals surface area contributed by atoms with Crippen LogP contribution in [0.1, 0.15) is 16.7 Å². The van der Waals surface area contributed by atoms with Crippen molar-refractivity contribution in [2.24, 2.45) is 0 Å². The molecule has 0 saturated heterocycles. The number of halogens is 2. The number of aryl methyl sites for hydroxylation is 2. The molecule has 1 aromatic heterocycles. The average molecular weight is 327 g/mol. The van der Waals surface area contributed by atoms with Crippen molar-refractivity contribution in [1.29, 1.82) is 0 Å². The molecule has 0 atom stereocenters. The standard InChI is InChI=1S/C13H13BrClN3/c1-8-3-4-9(2)10(5-8)6-16-12-11(14)7-17-13(15)18-12/h3-5,7H,6H2,1-2H3,(H,16,17,18). The van der Waals surface area contributed by atoms with Crippen LogP contribution in [0.15, 0.2) is 28.9 Å². The average Bonchev–Trinajstić information content (AvgIpc) is 2.34. The maximum absolute atomic E-state index is 5.77. The predicted octanol–water partition coefficient (Wildman–Crippen LogP) is 4.12. The molecule has 0 aliphatic heterocycles. The van der Waals surface area contributed by atoms with Gasteiger partial charge in [0.15, 0.2) is 0 Å². The van der Waals surface area contributed by atoms with Crippen molar-refractivity contribution in [3.63, 3.8) is 0 Å². The highest BCUT2D eigenvalue weighted by Gasteiger charge is 2.04.